The number of hydrogen-bond acceptors (Lipinski definition) is 4. The summed E-state index contributed by atoms with van der Waals surface area (Å²) in [5.74, 6) is 5.88. The van der Waals surface area contributed by atoms with Crippen LogP contribution in [0.1, 0.15) is 38.5 Å². The lowest BCUT2D eigenvalue weighted by molar-refractivity contribution is -0.121. The number of carbonyl (C=O) groups is 1. The summed E-state index contributed by atoms with van der Waals surface area (Å²) in [7, 11) is 2.28. The molecule has 1 amide bonds. The molecule has 2 fully saturated rings. The summed E-state index contributed by atoms with van der Waals surface area (Å²) in [6, 6.07) is 0.813. The first-order chi connectivity index (χ1) is 9.20. The van der Waals surface area contributed by atoms with Crippen LogP contribution in [-0.2, 0) is 4.79 Å². The SMILES string of the molecule is CN1CCCC2CN(CCCCC(=O)NN)CCC21. The minimum atomic E-state index is -0.0485. The molecule has 0 spiro atoms. The Balaban J connectivity index is 1.65. The van der Waals surface area contributed by atoms with Gasteiger partial charge in [0.2, 0.25) is 5.91 Å². The lowest BCUT2D eigenvalue weighted by Crippen LogP contribution is -2.52. The van der Waals surface area contributed by atoms with Crippen LogP contribution in [-0.4, -0.2) is 55.0 Å². The first-order valence-electron chi connectivity index (χ1n) is 7.62. The third-order valence-electron chi connectivity index (χ3n) is 4.72. The molecule has 2 heterocycles. The van der Waals surface area contributed by atoms with Crippen LogP contribution >= 0.6 is 0 Å². The topological polar surface area (TPSA) is 61.6 Å². The molecule has 0 aromatic carbocycles. The molecule has 0 radical (unpaired) electrons. The van der Waals surface area contributed by atoms with E-state index in [2.05, 4.69) is 22.3 Å². The smallest absolute Gasteiger partial charge is 0.233 e. The quantitative estimate of drug-likeness (QED) is 0.331. The fourth-order valence-corrected chi connectivity index (χ4v) is 3.62. The van der Waals surface area contributed by atoms with Crippen LogP contribution in [0.15, 0.2) is 0 Å². The number of nitrogens with one attached hydrogen (secondary N) is 1. The van der Waals surface area contributed by atoms with Gasteiger partial charge in [0, 0.05) is 19.0 Å². The van der Waals surface area contributed by atoms with E-state index in [1.807, 2.05) is 0 Å². The van der Waals surface area contributed by atoms with E-state index in [0.29, 0.717) is 6.42 Å². The summed E-state index contributed by atoms with van der Waals surface area (Å²) in [4.78, 5) is 16.2. The molecule has 0 aromatic heterocycles. The average molecular weight is 268 g/mol. The van der Waals surface area contributed by atoms with Gasteiger partial charge in [0.1, 0.15) is 0 Å². The van der Waals surface area contributed by atoms with Crippen molar-refractivity contribution in [3.8, 4) is 0 Å². The van der Waals surface area contributed by atoms with Crippen molar-refractivity contribution in [1.29, 1.82) is 0 Å². The normalized spacial score (nSPS) is 28.9. The van der Waals surface area contributed by atoms with Crippen LogP contribution in [0.4, 0.5) is 0 Å². The molecule has 0 aliphatic carbocycles. The van der Waals surface area contributed by atoms with Crippen molar-refractivity contribution in [2.75, 3.05) is 33.2 Å². The van der Waals surface area contributed by atoms with Crippen LogP contribution in [0.25, 0.3) is 0 Å². The summed E-state index contributed by atoms with van der Waals surface area (Å²) in [6.07, 6.45) is 6.64. The largest absolute Gasteiger partial charge is 0.303 e. The number of piperidine rings is 2. The molecule has 19 heavy (non-hydrogen) atoms. The van der Waals surface area contributed by atoms with Gasteiger partial charge in [-0.3, -0.25) is 10.2 Å². The highest BCUT2D eigenvalue weighted by molar-refractivity contribution is 5.75. The standard InChI is InChI=1S/C14H28N4O/c1-17-8-4-5-12-11-18(10-7-13(12)17)9-3-2-6-14(19)16-15/h12-13H,2-11,15H2,1H3,(H,16,19). The average Bonchev–Trinajstić information content (AvgIpc) is 2.43. The Bertz CT molecular complexity index is 297. The van der Waals surface area contributed by atoms with E-state index < -0.39 is 0 Å². The second-order valence-electron chi connectivity index (χ2n) is 6.06. The molecule has 0 bridgehead atoms. The van der Waals surface area contributed by atoms with E-state index in [1.165, 1.54) is 38.9 Å². The molecule has 2 saturated heterocycles. The molecule has 2 rings (SSSR count). The Morgan fingerprint density at radius 1 is 1.32 bits per heavy atom. The van der Waals surface area contributed by atoms with E-state index in [0.717, 1.165) is 31.3 Å². The number of carbonyl (C=O) groups excluding carboxylic acids is 1. The summed E-state index contributed by atoms with van der Waals surface area (Å²) in [5.41, 5.74) is 2.19. The summed E-state index contributed by atoms with van der Waals surface area (Å²) in [6.45, 7) is 4.87. The number of rotatable bonds is 5. The van der Waals surface area contributed by atoms with Crippen LogP contribution < -0.4 is 11.3 Å². The monoisotopic (exact) mass is 268 g/mol. The van der Waals surface area contributed by atoms with Crippen LogP contribution in [0, 0.1) is 5.92 Å². The van der Waals surface area contributed by atoms with Crippen molar-refractivity contribution < 1.29 is 4.79 Å². The third kappa shape index (κ3) is 4.16. The zero-order chi connectivity index (χ0) is 13.7. The number of hydrogen-bond donors (Lipinski definition) is 2. The lowest BCUT2D eigenvalue weighted by Gasteiger charge is -2.46. The Morgan fingerprint density at radius 3 is 2.95 bits per heavy atom. The lowest BCUT2D eigenvalue weighted by atomic mass is 9.84. The molecule has 5 nitrogen and oxygen atoms in total. The molecular weight excluding hydrogens is 240 g/mol. The maximum Gasteiger partial charge on any atom is 0.233 e. The Morgan fingerprint density at radius 2 is 2.16 bits per heavy atom. The van der Waals surface area contributed by atoms with E-state index in [-0.39, 0.29) is 5.91 Å². The zero-order valence-corrected chi connectivity index (χ0v) is 12.1. The van der Waals surface area contributed by atoms with Gasteiger partial charge in [0.25, 0.3) is 0 Å². The molecular formula is C14H28N4O. The molecule has 5 heteroatoms. The second-order valence-corrected chi connectivity index (χ2v) is 6.06. The third-order valence-corrected chi connectivity index (χ3v) is 4.72. The van der Waals surface area contributed by atoms with Crippen molar-refractivity contribution in [1.82, 2.24) is 15.2 Å². The molecule has 2 unspecified atom stereocenters. The van der Waals surface area contributed by atoms with Gasteiger partial charge in [0.05, 0.1) is 0 Å². The minimum Gasteiger partial charge on any atom is -0.303 e. The maximum atomic E-state index is 11.0. The van der Waals surface area contributed by atoms with Gasteiger partial charge < -0.3 is 9.80 Å². The predicted octanol–water partition coefficient (Wildman–Crippen LogP) is 0.563. The van der Waals surface area contributed by atoms with Crippen molar-refractivity contribution >= 4 is 5.91 Å². The number of likely N-dealkylation sites (tertiary alicyclic amines) is 2. The number of unbranched alkanes of at least 4 members (excludes halogenated alkanes) is 1. The summed E-state index contributed by atoms with van der Waals surface area (Å²) < 4.78 is 0. The highest BCUT2D eigenvalue weighted by Gasteiger charge is 2.33. The Kier molecular flexibility index (Phi) is 5.60. The zero-order valence-electron chi connectivity index (χ0n) is 12.1. The highest BCUT2D eigenvalue weighted by atomic mass is 16.2. The predicted molar refractivity (Wildman–Crippen MR) is 76.4 cm³/mol. The molecule has 110 valence electrons. The summed E-state index contributed by atoms with van der Waals surface area (Å²) in [5, 5.41) is 0. The number of nitrogens with two attached hydrogens (primary N) is 1. The van der Waals surface area contributed by atoms with Gasteiger partial charge in [-0.15, -0.1) is 0 Å². The minimum absolute atomic E-state index is 0.0485. The van der Waals surface area contributed by atoms with E-state index in [1.54, 1.807) is 0 Å². The van der Waals surface area contributed by atoms with Crippen LogP contribution in [0.2, 0.25) is 0 Å². The van der Waals surface area contributed by atoms with Crippen molar-refractivity contribution in [2.24, 2.45) is 11.8 Å². The van der Waals surface area contributed by atoms with Gasteiger partial charge >= 0.3 is 0 Å². The Labute approximate surface area is 116 Å². The number of fused-ring (bicyclic) bond motifs is 1. The number of amides is 1. The molecule has 2 aliphatic heterocycles. The van der Waals surface area contributed by atoms with Gasteiger partial charge in [-0.05, 0) is 64.7 Å². The van der Waals surface area contributed by atoms with E-state index >= 15 is 0 Å². The van der Waals surface area contributed by atoms with Crippen LogP contribution in [0.5, 0.6) is 0 Å². The Hall–Kier alpha value is -0.650. The highest BCUT2D eigenvalue weighted by Crippen LogP contribution is 2.29. The maximum absolute atomic E-state index is 11.0. The van der Waals surface area contributed by atoms with Gasteiger partial charge in [0.15, 0.2) is 0 Å². The van der Waals surface area contributed by atoms with E-state index in [4.69, 9.17) is 5.84 Å². The molecule has 0 aromatic rings. The molecule has 3 N–H and O–H groups in total. The fraction of sp³-hybridized carbons (Fsp3) is 0.929. The number of hydrazine groups is 1. The molecule has 2 atom stereocenters. The fourth-order valence-electron chi connectivity index (χ4n) is 3.62. The van der Waals surface area contributed by atoms with Gasteiger partial charge in [-0.1, -0.05) is 0 Å². The number of nitrogens with zero attached hydrogens (tertiary/aromatic N) is 2. The second kappa shape index (κ2) is 7.22. The first-order valence-corrected chi connectivity index (χ1v) is 7.62. The van der Waals surface area contributed by atoms with Gasteiger partial charge in [-0.25, -0.2) is 5.84 Å². The first kappa shape index (κ1) is 14.8. The molecule has 2 aliphatic rings. The summed E-state index contributed by atoms with van der Waals surface area (Å²) >= 11 is 0. The van der Waals surface area contributed by atoms with Crippen LogP contribution in [0.3, 0.4) is 0 Å². The van der Waals surface area contributed by atoms with Crippen molar-refractivity contribution in [2.45, 2.75) is 44.6 Å². The van der Waals surface area contributed by atoms with Crippen molar-refractivity contribution in [3.63, 3.8) is 0 Å². The molecule has 0 saturated carbocycles. The van der Waals surface area contributed by atoms with E-state index in [9.17, 15) is 4.79 Å². The van der Waals surface area contributed by atoms with Gasteiger partial charge in [-0.2, -0.15) is 0 Å². The van der Waals surface area contributed by atoms with Crippen molar-refractivity contribution in [3.05, 3.63) is 0 Å².